The lowest BCUT2D eigenvalue weighted by molar-refractivity contribution is -0.161. The molecule has 630 valence electrons. The first-order valence-electron chi connectivity index (χ1n) is 44.9. The molecule has 0 aromatic rings. The molecule has 0 bridgehead atoms. The number of esters is 4. The van der Waals surface area contributed by atoms with E-state index in [1.165, 1.54) is 250 Å². The molecule has 0 rings (SSSR count). The van der Waals surface area contributed by atoms with Gasteiger partial charge in [0.15, 0.2) is 12.2 Å². The highest BCUT2D eigenvalue weighted by Crippen LogP contribution is 2.45. The van der Waals surface area contributed by atoms with E-state index in [0.29, 0.717) is 25.7 Å². The maximum Gasteiger partial charge on any atom is 0.472 e. The number of carbonyl (C=O) groups is 4. The molecular formula is C87H170O17P2. The fourth-order valence-electron chi connectivity index (χ4n) is 13.4. The Hall–Kier alpha value is -1.94. The second-order valence-corrected chi connectivity index (χ2v) is 35.2. The SMILES string of the molecule is CCC(C)CCCCCCCCCCCCCCCCCCCCC(=O)OC[C@H](COP(=O)(O)OC[C@@H](O)COP(=O)(O)OC[C@@H](COC(=O)CCCCCCCCC(C)CC)OC(=O)CCCCCCCCCCC(C)CC)OC(=O)CCCCCCCCCCCCCCCCCCCCC(C)CC. The van der Waals surface area contributed by atoms with Gasteiger partial charge >= 0.3 is 39.5 Å². The second kappa shape index (κ2) is 75.7. The average molecular weight is 1550 g/mol. The highest BCUT2D eigenvalue weighted by Gasteiger charge is 2.31. The van der Waals surface area contributed by atoms with Gasteiger partial charge in [0.05, 0.1) is 26.4 Å². The maximum atomic E-state index is 13.2. The van der Waals surface area contributed by atoms with Crippen LogP contribution in [0, 0.1) is 23.7 Å². The largest absolute Gasteiger partial charge is 0.472 e. The number of rotatable bonds is 84. The minimum Gasteiger partial charge on any atom is -0.462 e. The second-order valence-electron chi connectivity index (χ2n) is 32.2. The number of hydrogen-bond acceptors (Lipinski definition) is 15. The van der Waals surface area contributed by atoms with Crippen LogP contribution in [0.4, 0.5) is 0 Å². The minimum absolute atomic E-state index is 0.104. The Morgan fingerprint density at radius 2 is 0.425 bits per heavy atom. The molecule has 0 aromatic heterocycles. The molecule has 17 nitrogen and oxygen atoms in total. The van der Waals surface area contributed by atoms with E-state index in [9.17, 15) is 43.2 Å². The van der Waals surface area contributed by atoms with Gasteiger partial charge in [0, 0.05) is 25.7 Å². The molecule has 106 heavy (non-hydrogen) atoms. The summed E-state index contributed by atoms with van der Waals surface area (Å²) in [6, 6.07) is 0. The Morgan fingerprint density at radius 1 is 0.255 bits per heavy atom. The molecule has 0 spiro atoms. The van der Waals surface area contributed by atoms with Crippen molar-refractivity contribution in [1.29, 1.82) is 0 Å². The Labute approximate surface area is 651 Å². The number of hydrogen-bond donors (Lipinski definition) is 3. The summed E-state index contributed by atoms with van der Waals surface area (Å²) in [6.45, 7) is 14.4. The fraction of sp³-hybridized carbons (Fsp3) is 0.954. The molecule has 0 saturated carbocycles. The quantitative estimate of drug-likeness (QED) is 0.0222. The van der Waals surface area contributed by atoms with Crippen molar-refractivity contribution in [2.75, 3.05) is 39.6 Å². The zero-order chi connectivity index (χ0) is 78.1. The van der Waals surface area contributed by atoms with Crippen LogP contribution in [0.3, 0.4) is 0 Å². The van der Waals surface area contributed by atoms with Crippen LogP contribution in [0.1, 0.15) is 453 Å². The number of aliphatic hydroxyl groups is 1. The Kier molecular flexibility index (Phi) is 74.3. The molecular weight excluding hydrogens is 1380 g/mol. The van der Waals surface area contributed by atoms with Crippen LogP contribution in [-0.2, 0) is 65.4 Å². The number of unbranched alkanes of at least 4 members (excludes halogenated alkanes) is 46. The molecule has 0 amide bonds. The lowest BCUT2D eigenvalue weighted by Crippen LogP contribution is -2.30. The van der Waals surface area contributed by atoms with E-state index >= 15 is 0 Å². The van der Waals surface area contributed by atoms with Crippen molar-refractivity contribution < 1.29 is 80.2 Å². The van der Waals surface area contributed by atoms with Crippen molar-refractivity contribution in [2.24, 2.45) is 23.7 Å². The molecule has 6 unspecified atom stereocenters. The summed E-state index contributed by atoms with van der Waals surface area (Å²) in [7, 11) is -9.93. The number of aliphatic hydroxyl groups excluding tert-OH is 1. The van der Waals surface area contributed by atoms with E-state index in [4.69, 9.17) is 37.0 Å². The molecule has 0 aliphatic rings. The lowest BCUT2D eigenvalue weighted by Gasteiger charge is -2.21. The molecule has 0 radical (unpaired) electrons. The van der Waals surface area contributed by atoms with E-state index in [2.05, 4.69) is 55.4 Å². The van der Waals surface area contributed by atoms with Crippen molar-refractivity contribution in [2.45, 2.75) is 472 Å². The van der Waals surface area contributed by atoms with E-state index in [0.717, 1.165) is 120 Å². The third kappa shape index (κ3) is 74.8. The van der Waals surface area contributed by atoms with Gasteiger partial charge in [0.2, 0.25) is 0 Å². The van der Waals surface area contributed by atoms with Crippen LogP contribution in [0.5, 0.6) is 0 Å². The molecule has 0 aliphatic carbocycles. The van der Waals surface area contributed by atoms with Crippen LogP contribution in [0.15, 0.2) is 0 Å². The highest BCUT2D eigenvalue weighted by molar-refractivity contribution is 7.47. The molecule has 9 atom stereocenters. The molecule has 0 heterocycles. The number of ether oxygens (including phenoxy) is 4. The first-order valence-corrected chi connectivity index (χ1v) is 47.8. The van der Waals surface area contributed by atoms with Crippen molar-refractivity contribution in [3.63, 3.8) is 0 Å². The summed E-state index contributed by atoms with van der Waals surface area (Å²) >= 11 is 0. The van der Waals surface area contributed by atoms with E-state index in [1.54, 1.807) is 0 Å². The smallest absolute Gasteiger partial charge is 0.462 e. The predicted octanol–water partition coefficient (Wildman–Crippen LogP) is 26.3. The highest BCUT2D eigenvalue weighted by atomic mass is 31.2. The zero-order valence-electron chi connectivity index (χ0n) is 70.1. The van der Waals surface area contributed by atoms with E-state index in [1.807, 2.05) is 0 Å². The molecule has 0 saturated heterocycles. The van der Waals surface area contributed by atoms with Crippen LogP contribution in [0.25, 0.3) is 0 Å². The van der Waals surface area contributed by atoms with E-state index < -0.39 is 97.5 Å². The molecule has 0 aliphatic heterocycles. The number of phosphoric ester groups is 2. The third-order valence-electron chi connectivity index (χ3n) is 21.8. The first kappa shape index (κ1) is 104. The lowest BCUT2D eigenvalue weighted by atomic mass is 9.99. The monoisotopic (exact) mass is 1550 g/mol. The summed E-state index contributed by atoms with van der Waals surface area (Å²) in [5.41, 5.74) is 0. The van der Waals surface area contributed by atoms with Crippen molar-refractivity contribution in [3.05, 3.63) is 0 Å². The van der Waals surface area contributed by atoms with Crippen LogP contribution in [0.2, 0.25) is 0 Å². The van der Waals surface area contributed by atoms with Gasteiger partial charge in [0.1, 0.15) is 19.3 Å². The van der Waals surface area contributed by atoms with Crippen LogP contribution < -0.4 is 0 Å². The Morgan fingerprint density at radius 3 is 0.623 bits per heavy atom. The van der Waals surface area contributed by atoms with Gasteiger partial charge < -0.3 is 33.8 Å². The van der Waals surface area contributed by atoms with Gasteiger partial charge in [0.25, 0.3) is 0 Å². The average Bonchev–Trinajstić information content (AvgIpc) is 0.904. The van der Waals surface area contributed by atoms with E-state index in [-0.39, 0.29) is 25.7 Å². The predicted molar refractivity (Wildman–Crippen MR) is 437 cm³/mol. The molecule has 0 aromatic carbocycles. The molecule has 0 fully saturated rings. The van der Waals surface area contributed by atoms with Crippen molar-refractivity contribution in [3.8, 4) is 0 Å². The Bertz CT molecular complexity index is 2070. The maximum absolute atomic E-state index is 13.2. The van der Waals surface area contributed by atoms with Crippen LogP contribution in [-0.4, -0.2) is 96.7 Å². The van der Waals surface area contributed by atoms with Gasteiger partial charge in [-0.15, -0.1) is 0 Å². The van der Waals surface area contributed by atoms with Gasteiger partial charge in [-0.3, -0.25) is 37.3 Å². The van der Waals surface area contributed by atoms with Gasteiger partial charge in [-0.05, 0) is 49.4 Å². The number of phosphoric acid groups is 2. The standard InChI is InChI=1S/C87H170O17P2/c1-9-77(5)63-55-47-39-33-29-25-21-17-13-15-19-23-27-31-35-42-51-59-67-84(89)97-73-82(103-86(91)69-61-53-43-36-32-28-24-20-16-14-18-22-26-30-34-40-48-56-64-78(6)10-2)75-101-105(93,94)99-71-81(88)72-100-106(95,96)102-76-83(74-98-85(90)68-60-52-46-45-50-58-66-80(8)12-4)104-87(92)70-62-54-44-38-37-41-49-57-65-79(7)11-3/h77-83,88H,9-76H2,1-8H3,(H,93,94)(H,95,96)/t77?,78?,79?,80?,81-,82-,83-/m1/s1. The summed E-state index contributed by atoms with van der Waals surface area (Å²) in [5, 5.41) is 10.7. The Balaban J connectivity index is 5.20. The van der Waals surface area contributed by atoms with Crippen LogP contribution >= 0.6 is 15.6 Å². The number of carbonyl (C=O) groups excluding carboxylic acids is 4. The zero-order valence-corrected chi connectivity index (χ0v) is 71.9. The normalized spacial score (nSPS) is 14.9. The molecule has 19 heteroatoms. The van der Waals surface area contributed by atoms with Gasteiger partial charge in [-0.1, -0.05) is 402 Å². The minimum atomic E-state index is -4.97. The summed E-state index contributed by atoms with van der Waals surface area (Å²) in [4.78, 5) is 73.2. The first-order chi connectivity index (χ1) is 51.2. The fourth-order valence-corrected chi connectivity index (χ4v) is 14.9. The summed E-state index contributed by atoms with van der Waals surface area (Å²) in [6.07, 6.45) is 65.4. The van der Waals surface area contributed by atoms with Crippen molar-refractivity contribution >= 4 is 39.5 Å². The topological polar surface area (TPSA) is 237 Å². The molecule has 3 N–H and O–H groups in total. The summed E-state index contributed by atoms with van der Waals surface area (Å²) < 4.78 is 68.8. The van der Waals surface area contributed by atoms with Gasteiger partial charge in [-0.25, -0.2) is 9.13 Å². The third-order valence-corrected chi connectivity index (χ3v) is 23.7. The van der Waals surface area contributed by atoms with Crippen molar-refractivity contribution in [1.82, 2.24) is 0 Å². The summed E-state index contributed by atoms with van der Waals surface area (Å²) in [5.74, 6) is 1.13. The van der Waals surface area contributed by atoms with Gasteiger partial charge in [-0.2, -0.15) is 0 Å².